The number of aryl methyl sites for hydroxylation is 1. The minimum absolute atomic E-state index is 0. The van der Waals surface area contributed by atoms with E-state index in [-0.39, 0.29) is 35.8 Å². The van der Waals surface area contributed by atoms with Gasteiger partial charge < -0.3 is 15.4 Å². The lowest BCUT2D eigenvalue weighted by atomic mass is 10.1. The first-order valence-electron chi connectivity index (χ1n) is 8.76. The molecule has 154 valence electrons. The van der Waals surface area contributed by atoms with Crippen LogP contribution in [0.25, 0.3) is 0 Å². The molecule has 9 nitrogen and oxygen atoms in total. The molecule has 0 saturated heterocycles. The Bertz CT molecular complexity index is 806. The first kappa shape index (κ1) is 23.7. The van der Waals surface area contributed by atoms with Gasteiger partial charge in [-0.1, -0.05) is 12.1 Å². The third kappa shape index (κ3) is 7.33. The van der Waals surface area contributed by atoms with Gasteiger partial charge in [0.15, 0.2) is 5.96 Å². The van der Waals surface area contributed by atoms with E-state index in [1.807, 2.05) is 39.0 Å². The van der Waals surface area contributed by atoms with E-state index in [9.17, 15) is 10.1 Å². The molecule has 0 atom stereocenters. The summed E-state index contributed by atoms with van der Waals surface area (Å²) in [6.45, 7) is 7.61. The fourth-order valence-electron chi connectivity index (χ4n) is 2.43. The molecule has 28 heavy (non-hydrogen) atoms. The summed E-state index contributed by atoms with van der Waals surface area (Å²) in [5, 5.41) is 21.0. The van der Waals surface area contributed by atoms with Crippen LogP contribution >= 0.6 is 24.0 Å². The number of nitrogens with one attached hydrogen (secondary N) is 2. The molecular formula is C18H27IN6O3. The Morgan fingerprint density at radius 3 is 2.75 bits per heavy atom. The highest BCUT2D eigenvalue weighted by Crippen LogP contribution is 2.21. The Hall–Kier alpha value is -2.37. The Morgan fingerprint density at radius 1 is 1.39 bits per heavy atom. The van der Waals surface area contributed by atoms with E-state index in [2.05, 4.69) is 20.7 Å². The van der Waals surface area contributed by atoms with Crippen molar-refractivity contribution in [3.05, 3.63) is 51.8 Å². The van der Waals surface area contributed by atoms with Gasteiger partial charge in [0.05, 0.1) is 17.6 Å². The zero-order chi connectivity index (χ0) is 19.8. The van der Waals surface area contributed by atoms with Crippen molar-refractivity contribution in [2.75, 3.05) is 13.6 Å². The molecule has 2 N–H and O–H groups in total. The monoisotopic (exact) mass is 502 g/mol. The summed E-state index contributed by atoms with van der Waals surface area (Å²) in [6.07, 6.45) is 2.74. The average molecular weight is 502 g/mol. The number of benzene rings is 1. The van der Waals surface area contributed by atoms with Crippen LogP contribution in [-0.2, 0) is 13.1 Å². The normalized spacial score (nSPS) is 11.1. The lowest BCUT2D eigenvalue weighted by Gasteiger charge is -2.17. The molecule has 1 aromatic heterocycles. The number of hydrogen-bond donors (Lipinski definition) is 2. The summed E-state index contributed by atoms with van der Waals surface area (Å²) in [5.74, 6) is 1.49. The molecule has 0 bridgehead atoms. The Balaban J connectivity index is 0.00000392. The van der Waals surface area contributed by atoms with Crippen molar-refractivity contribution in [3.8, 4) is 5.75 Å². The van der Waals surface area contributed by atoms with Gasteiger partial charge in [-0.15, -0.1) is 24.0 Å². The quantitative estimate of drug-likeness (QED) is 0.189. The minimum Gasteiger partial charge on any atom is -0.491 e. The summed E-state index contributed by atoms with van der Waals surface area (Å²) < 4.78 is 7.41. The van der Waals surface area contributed by atoms with Gasteiger partial charge in [0.2, 0.25) is 0 Å². The van der Waals surface area contributed by atoms with Crippen molar-refractivity contribution in [1.29, 1.82) is 0 Å². The highest BCUT2D eigenvalue weighted by molar-refractivity contribution is 14.0. The van der Waals surface area contributed by atoms with Crippen LogP contribution in [0.4, 0.5) is 5.69 Å². The lowest BCUT2D eigenvalue weighted by Crippen LogP contribution is -2.38. The summed E-state index contributed by atoms with van der Waals surface area (Å²) in [6, 6.07) is 6.11. The number of nitrogens with zero attached hydrogens (tertiary/aromatic N) is 4. The molecule has 0 aliphatic heterocycles. The van der Waals surface area contributed by atoms with Crippen molar-refractivity contribution in [2.45, 2.75) is 40.0 Å². The number of nitro groups is 1. The van der Waals surface area contributed by atoms with Crippen molar-refractivity contribution in [2.24, 2.45) is 4.99 Å². The van der Waals surface area contributed by atoms with E-state index in [0.29, 0.717) is 25.6 Å². The molecule has 2 rings (SSSR count). The Morgan fingerprint density at radius 2 is 2.14 bits per heavy atom. The molecule has 0 aliphatic rings. The van der Waals surface area contributed by atoms with Crippen LogP contribution in [0.3, 0.4) is 0 Å². The maximum absolute atomic E-state index is 10.7. The number of ether oxygens (including phenoxy) is 1. The zero-order valence-electron chi connectivity index (χ0n) is 16.5. The van der Waals surface area contributed by atoms with Gasteiger partial charge in [-0.05, 0) is 32.4 Å². The van der Waals surface area contributed by atoms with E-state index < -0.39 is 4.92 Å². The van der Waals surface area contributed by atoms with Crippen LogP contribution in [0, 0.1) is 17.0 Å². The minimum atomic E-state index is -0.462. The molecule has 0 unspecified atom stereocenters. The smallest absolute Gasteiger partial charge is 0.306 e. The first-order chi connectivity index (χ1) is 12.9. The summed E-state index contributed by atoms with van der Waals surface area (Å²) in [7, 11) is 1.69. The maximum Gasteiger partial charge on any atom is 0.306 e. The van der Waals surface area contributed by atoms with Crippen LogP contribution in [0.15, 0.2) is 35.6 Å². The van der Waals surface area contributed by atoms with Crippen molar-refractivity contribution in [3.63, 3.8) is 0 Å². The molecule has 0 aliphatic carbocycles. The maximum atomic E-state index is 10.7. The fourth-order valence-corrected chi connectivity index (χ4v) is 2.43. The number of halogens is 1. The first-order valence-corrected chi connectivity index (χ1v) is 8.76. The third-order valence-corrected chi connectivity index (χ3v) is 3.72. The fraction of sp³-hybridized carbons (Fsp3) is 0.444. The molecule has 10 heteroatoms. The third-order valence-electron chi connectivity index (χ3n) is 3.72. The topological polar surface area (TPSA) is 107 Å². The zero-order valence-corrected chi connectivity index (χ0v) is 18.8. The highest BCUT2D eigenvalue weighted by atomic mass is 127. The van der Waals surface area contributed by atoms with Gasteiger partial charge in [-0.2, -0.15) is 5.10 Å². The second kappa shape index (κ2) is 11.5. The van der Waals surface area contributed by atoms with Crippen molar-refractivity contribution >= 4 is 35.6 Å². The molecule has 0 fully saturated rings. The molecule has 0 amide bonds. The SMILES string of the molecule is CN=C(NCCn1cc([N+](=O)[O-])cn1)NCc1ccc(C)cc1OC(C)C.I. The van der Waals surface area contributed by atoms with Crippen molar-refractivity contribution < 1.29 is 9.66 Å². The largest absolute Gasteiger partial charge is 0.491 e. The number of aliphatic imine (C=N–C) groups is 1. The average Bonchev–Trinajstić information content (AvgIpc) is 3.08. The summed E-state index contributed by atoms with van der Waals surface area (Å²) in [4.78, 5) is 14.4. The molecule has 2 aromatic rings. The van der Waals surface area contributed by atoms with Crippen LogP contribution in [0.5, 0.6) is 5.75 Å². The lowest BCUT2D eigenvalue weighted by molar-refractivity contribution is -0.385. The van der Waals surface area contributed by atoms with Gasteiger partial charge >= 0.3 is 5.69 Å². The Kier molecular flexibility index (Phi) is 9.69. The molecular weight excluding hydrogens is 475 g/mol. The van der Waals surface area contributed by atoms with Crippen molar-refractivity contribution in [1.82, 2.24) is 20.4 Å². The molecule has 0 saturated carbocycles. The highest BCUT2D eigenvalue weighted by Gasteiger charge is 2.09. The number of guanidine groups is 1. The van der Waals surface area contributed by atoms with Crippen LogP contribution in [0.2, 0.25) is 0 Å². The second-order valence-electron chi connectivity index (χ2n) is 6.35. The summed E-state index contributed by atoms with van der Waals surface area (Å²) in [5.41, 5.74) is 2.17. The van der Waals surface area contributed by atoms with Gasteiger partial charge in [-0.25, -0.2) is 0 Å². The van der Waals surface area contributed by atoms with E-state index in [4.69, 9.17) is 4.74 Å². The van der Waals surface area contributed by atoms with E-state index in [0.717, 1.165) is 16.9 Å². The number of aromatic nitrogens is 2. The number of rotatable bonds is 8. The molecule has 1 heterocycles. The van der Waals surface area contributed by atoms with Gasteiger partial charge in [0.25, 0.3) is 0 Å². The van der Waals surface area contributed by atoms with Gasteiger partial charge in [-0.3, -0.25) is 19.8 Å². The number of hydrogen-bond acceptors (Lipinski definition) is 5. The Labute approximate surface area is 181 Å². The van der Waals surface area contributed by atoms with E-state index >= 15 is 0 Å². The predicted molar refractivity (Wildman–Crippen MR) is 119 cm³/mol. The standard InChI is InChI=1S/C18H26N6O3.HI/c1-13(2)27-17-9-14(3)5-6-15(17)10-21-18(19-4)20-7-8-23-12-16(11-22-23)24(25)26;/h5-6,9,11-13H,7-8,10H2,1-4H3,(H2,19,20,21);1H. The van der Waals surface area contributed by atoms with Gasteiger partial charge in [0.1, 0.15) is 18.1 Å². The second-order valence-corrected chi connectivity index (χ2v) is 6.35. The van der Waals surface area contributed by atoms with Gasteiger partial charge in [0, 0.05) is 25.7 Å². The van der Waals surface area contributed by atoms with E-state index in [1.165, 1.54) is 17.1 Å². The predicted octanol–water partition coefficient (Wildman–Crippen LogP) is 2.87. The van der Waals surface area contributed by atoms with Crippen LogP contribution < -0.4 is 15.4 Å². The molecule has 0 radical (unpaired) electrons. The molecule has 0 spiro atoms. The summed E-state index contributed by atoms with van der Waals surface area (Å²) >= 11 is 0. The van der Waals surface area contributed by atoms with Crippen LogP contribution in [0.1, 0.15) is 25.0 Å². The van der Waals surface area contributed by atoms with Crippen LogP contribution in [-0.4, -0.2) is 40.4 Å². The van der Waals surface area contributed by atoms with E-state index in [1.54, 1.807) is 7.05 Å². The molecule has 1 aromatic carbocycles.